The average molecular weight is 526 g/mol. The molecular weight excluding hydrogens is 498 g/mol. The summed E-state index contributed by atoms with van der Waals surface area (Å²) in [5.74, 6) is 6.02. The first kappa shape index (κ1) is 25.6. The number of hydrogen-bond donors (Lipinski definition) is 1. The van der Waals surface area contributed by atoms with E-state index in [1.807, 2.05) is 48.5 Å². The van der Waals surface area contributed by atoms with E-state index in [1.54, 1.807) is 12.1 Å². The molecule has 6 nitrogen and oxygen atoms in total. The Labute approximate surface area is 227 Å². The Hall–Kier alpha value is -4.08. The van der Waals surface area contributed by atoms with Crippen molar-refractivity contribution in [2.24, 2.45) is 0 Å². The topological polar surface area (TPSA) is 73.3 Å². The third-order valence-corrected chi connectivity index (χ3v) is 6.70. The van der Waals surface area contributed by atoms with Crippen LogP contribution in [0.15, 0.2) is 60.7 Å². The van der Waals surface area contributed by atoms with Crippen LogP contribution < -0.4 is 10.1 Å². The Morgan fingerprint density at radius 2 is 1.89 bits per heavy atom. The van der Waals surface area contributed by atoms with Gasteiger partial charge in [-0.05, 0) is 73.1 Å². The van der Waals surface area contributed by atoms with Gasteiger partial charge in [-0.2, -0.15) is 0 Å². The molecule has 0 amide bonds. The number of pyridine rings is 2. The van der Waals surface area contributed by atoms with E-state index in [4.69, 9.17) is 26.1 Å². The summed E-state index contributed by atoms with van der Waals surface area (Å²) in [6.07, 6.45) is 4.94. The number of carbonyl (C=O) groups excluding carboxylic acids is 1. The van der Waals surface area contributed by atoms with E-state index in [0.29, 0.717) is 36.0 Å². The van der Waals surface area contributed by atoms with Crippen molar-refractivity contribution in [2.75, 3.05) is 19.0 Å². The molecule has 2 aromatic heterocycles. The summed E-state index contributed by atoms with van der Waals surface area (Å²) in [5.41, 5.74) is 6.11. The monoisotopic (exact) mass is 525 g/mol. The molecule has 192 valence electrons. The number of esters is 1. The molecule has 1 N–H and O–H groups in total. The van der Waals surface area contributed by atoms with Gasteiger partial charge in [0.1, 0.15) is 12.3 Å². The van der Waals surface area contributed by atoms with Gasteiger partial charge in [0.2, 0.25) is 0 Å². The predicted octanol–water partition coefficient (Wildman–Crippen LogP) is 6.38. The smallest absolute Gasteiger partial charge is 0.360 e. The summed E-state index contributed by atoms with van der Waals surface area (Å²) in [5, 5.41) is 5.33. The summed E-state index contributed by atoms with van der Waals surface area (Å²) in [6, 6.07) is 19.0. The molecule has 0 atom stereocenters. The van der Waals surface area contributed by atoms with E-state index in [0.717, 1.165) is 41.4 Å². The highest BCUT2D eigenvalue weighted by molar-refractivity contribution is 6.31. The van der Waals surface area contributed by atoms with Gasteiger partial charge in [0.25, 0.3) is 0 Å². The number of fused-ring (bicyclic) bond motifs is 2. The number of rotatable bonds is 7. The fourth-order valence-electron chi connectivity index (χ4n) is 4.61. The quantitative estimate of drug-likeness (QED) is 0.171. The molecule has 0 unspecified atom stereocenters. The number of anilines is 1. The molecule has 0 bridgehead atoms. The zero-order chi connectivity index (χ0) is 26.3. The van der Waals surface area contributed by atoms with Crippen molar-refractivity contribution >= 4 is 34.2 Å². The maximum absolute atomic E-state index is 12.3. The van der Waals surface area contributed by atoms with Crippen molar-refractivity contribution in [1.29, 1.82) is 0 Å². The van der Waals surface area contributed by atoms with Crippen LogP contribution in [0.25, 0.3) is 10.9 Å². The van der Waals surface area contributed by atoms with Crippen molar-refractivity contribution in [2.45, 2.75) is 38.7 Å². The van der Waals surface area contributed by atoms with Gasteiger partial charge in [-0.1, -0.05) is 47.9 Å². The average Bonchev–Trinajstić information content (AvgIpc) is 2.96. The number of nitrogens with zero attached hydrogens (tertiary/aromatic N) is 2. The van der Waals surface area contributed by atoms with Crippen LogP contribution in [0, 0.1) is 11.8 Å². The van der Waals surface area contributed by atoms with Crippen molar-refractivity contribution in [3.05, 3.63) is 93.9 Å². The molecule has 1 aliphatic rings. The number of aromatic nitrogens is 2. The number of halogens is 1. The molecule has 4 aromatic rings. The Morgan fingerprint density at radius 1 is 1.05 bits per heavy atom. The van der Waals surface area contributed by atoms with Crippen LogP contribution in [-0.4, -0.2) is 29.6 Å². The lowest BCUT2D eigenvalue weighted by molar-refractivity contribution is 0.0588. The fourth-order valence-corrected chi connectivity index (χ4v) is 4.78. The SMILES string of the molecule is COC(=O)c1nc(C#CCCNc2c3c(nc4ccc(Cl)cc24)CCCC3)ccc1OCc1ccccc1. The Morgan fingerprint density at radius 3 is 2.74 bits per heavy atom. The summed E-state index contributed by atoms with van der Waals surface area (Å²) >= 11 is 6.31. The Bertz CT molecular complexity index is 1530. The van der Waals surface area contributed by atoms with Crippen molar-refractivity contribution in [3.63, 3.8) is 0 Å². The highest BCUT2D eigenvalue weighted by atomic mass is 35.5. The largest absolute Gasteiger partial charge is 0.486 e. The minimum atomic E-state index is -0.564. The van der Waals surface area contributed by atoms with Gasteiger partial charge in [0.15, 0.2) is 11.4 Å². The molecule has 0 fully saturated rings. The molecule has 0 aliphatic heterocycles. The summed E-state index contributed by atoms with van der Waals surface area (Å²) < 4.78 is 10.8. The van der Waals surface area contributed by atoms with E-state index < -0.39 is 5.97 Å². The third kappa shape index (κ3) is 5.90. The van der Waals surface area contributed by atoms with Crippen LogP contribution in [0.1, 0.15) is 52.3 Å². The molecule has 5 rings (SSSR count). The normalized spacial score (nSPS) is 12.3. The highest BCUT2D eigenvalue weighted by Crippen LogP contribution is 2.34. The maximum atomic E-state index is 12.3. The van der Waals surface area contributed by atoms with E-state index in [2.05, 4.69) is 22.1 Å². The minimum absolute atomic E-state index is 0.111. The van der Waals surface area contributed by atoms with Gasteiger partial charge < -0.3 is 14.8 Å². The maximum Gasteiger partial charge on any atom is 0.360 e. The highest BCUT2D eigenvalue weighted by Gasteiger charge is 2.18. The number of benzene rings is 2. The Kier molecular flexibility index (Phi) is 8.06. The lowest BCUT2D eigenvalue weighted by Gasteiger charge is -2.21. The number of methoxy groups -OCH3 is 1. The second-order valence-corrected chi connectivity index (χ2v) is 9.50. The molecular formula is C31H28ClN3O3. The van der Waals surface area contributed by atoms with Crippen LogP contribution in [0.5, 0.6) is 5.75 Å². The number of nitrogens with one attached hydrogen (secondary N) is 1. The van der Waals surface area contributed by atoms with Gasteiger partial charge in [0.05, 0.1) is 12.6 Å². The molecule has 7 heteroatoms. The first-order chi connectivity index (χ1) is 18.6. The zero-order valence-electron chi connectivity index (χ0n) is 21.2. The van der Waals surface area contributed by atoms with Gasteiger partial charge in [0, 0.05) is 34.8 Å². The van der Waals surface area contributed by atoms with Crippen LogP contribution in [0.2, 0.25) is 5.02 Å². The fraction of sp³-hybridized carbons (Fsp3) is 0.258. The molecule has 38 heavy (non-hydrogen) atoms. The van der Waals surface area contributed by atoms with E-state index in [1.165, 1.54) is 24.8 Å². The minimum Gasteiger partial charge on any atom is -0.486 e. The standard InChI is InChI=1S/C31H28ClN3O3/c1-37-31(36)30-28(38-20-21-9-3-2-4-10-21)17-15-23(34-30)11-7-8-18-33-29-24-12-5-6-13-26(24)35-27-16-14-22(32)19-25(27)29/h2-4,9-10,14-17,19H,5-6,8,12-13,18,20H2,1H3,(H,33,35). The van der Waals surface area contributed by atoms with Crippen molar-refractivity contribution < 1.29 is 14.3 Å². The van der Waals surface area contributed by atoms with Gasteiger partial charge in [-0.25, -0.2) is 9.78 Å². The van der Waals surface area contributed by atoms with Crippen molar-refractivity contribution in [3.8, 4) is 17.6 Å². The van der Waals surface area contributed by atoms with Gasteiger partial charge in [-0.3, -0.25) is 4.98 Å². The first-order valence-electron chi connectivity index (χ1n) is 12.7. The second kappa shape index (κ2) is 12.0. The summed E-state index contributed by atoms with van der Waals surface area (Å²) in [7, 11) is 1.32. The van der Waals surface area contributed by atoms with E-state index in [9.17, 15) is 4.79 Å². The van der Waals surface area contributed by atoms with Crippen LogP contribution >= 0.6 is 11.6 Å². The van der Waals surface area contributed by atoms with Gasteiger partial charge in [-0.15, -0.1) is 0 Å². The molecule has 0 saturated heterocycles. The molecule has 1 aliphatic carbocycles. The summed E-state index contributed by atoms with van der Waals surface area (Å²) in [4.78, 5) is 21.6. The molecule has 2 aromatic carbocycles. The number of carbonyl (C=O) groups is 1. The van der Waals surface area contributed by atoms with Crippen LogP contribution in [0.4, 0.5) is 5.69 Å². The number of ether oxygens (including phenoxy) is 2. The van der Waals surface area contributed by atoms with Crippen LogP contribution in [0.3, 0.4) is 0 Å². The molecule has 0 radical (unpaired) electrons. The lowest BCUT2D eigenvalue weighted by atomic mass is 9.92. The second-order valence-electron chi connectivity index (χ2n) is 9.07. The lowest BCUT2D eigenvalue weighted by Crippen LogP contribution is -2.12. The molecule has 2 heterocycles. The zero-order valence-corrected chi connectivity index (χ0v) is 22.0. The van der Waals surface area contributed by atoms with Gasteiger partial charge >= 0.3 is 5.97 Å². The number of hydrogen-bond acceptors (Lipinski definition) is 6. The molecule has 0 spiro atoms. The van der Waals surface area contributed by atoms with Crippen molar-refractivity contribution in [1.82, 2.24) is 9.97 Å². The Balaban J connectivity index is 1.29. The molecule has 0 saturated carbocycles. The van der Waals surface area contributed by atoms with E-state index >= 15 is 0 Å². The van der Waals surface area contributed by atoms with E-state index in [-0.39, 0.29) is 5.69 Å². The first-order valence-corrected chi connectivity index (χ1v) is 13.1. The third-order valence-electron chi connectivity index (χ3n) is 6.47. The van der Waals surface area contributed by atoms with Crippen LogP contribution in [-0.2, 0) is 24.2 Å². The predicted molar refractivity (Wildman–Crippen MR) is 150 cm³/mol. The summed E-state index contributed by atoms with van der Waals surface area (Å²) in [6.45, 7) is 0.981. The number of aryl methyl sites for hydroxylation is 1.